The minimum absolute atomic E-state index is 0.694. The summed E-state index contributed by atoms with van der Waals surface area (Å²) in [5, 5.41) is 0. The lowest BCUT2D eigenvalue weighted by atomic mass is 10.1. The number of hydrogen-bond donors (Lipinski definition) is 0. The fraction of sp³-hybridized carbons (Fsp3) is 0.467. The zero-order chi connectivity index (χ0) is 12.5. The number of ether oxygens (including phenoxy) is 2. The van der Waals surface area contributed by atoms with Crippen molar-refractivity contribution in [2.75, 3.05) is 13.2 Å². The second kappa shape index (κ2) is 7.77. The van der Waals surface area contributed by atoms with E-state index in [1.54, 1.807) is 0 Å². The second-order valence-corrected chi connectivity index (χ2v) is 3.99. The molecule has 0 radical (unpaired) electrons. The van der Waals surface area contributed by atoms with Crippen molar-refractivity contribution in [3.8, 4) is 5.75 Å². The van der Waals surface area contributed by atoms with Crippen LogP contribution in [0.15, 0.2) is 30.5 Å². The molecule has 1 aromatic carbocycles. The zero-order valence-electron chi connectivity index (χ0n) is 11.0. The van der Waals surface area contributed by atoms with Gasteiger partial charge in [-0.2, -0.15) is 0 Å². The lowest BCUT2D eigenvalue weighted by molar-refractivity contribution is 0.245. The SMILES string of the molecule is CCCCOC=C(C)c1cccc(OCC)c1. The Balaban J connectivity index is 2.60. The van der Waals surface area contributed by atoms with E-state index in [-0.39, 0.29) is 0 Å². The first-order chi connectivity index (χ1) is 8.27. The van der Waals surface area contributed by atoms with Crippen LogP contribution in [-0.2, 0) is 4.74 Å². The van der Waals surface area contributed by atoms with Crippen LogP contribution in [0.5, 0.6) is 5.75 Å². The summed E-state index contributed by atoms with van der Waals surface area (Å²) in [5.74, 6) is 0.909. The standard InChI is InChI=1S/C15H22O2/c1-4-6-10-16-12-13(3)14-8-7-9-15(11-14)17-5-2/h7-9,11-12H,4-6,10H2,1-3H3. The van der Waals surface area contributed by atoms with Crippen molar-refractivity contribution in [2.45, 2.75) is 33.6 Å². The number of benzene rings is 1. The highest BCUT2D eigenvalue weighted by molar-refractivity contribution is 5.63. The minimum Gasteiger partial charge on any atom is -0.501 e. The van der Waals surface area contributed by atoms with Gasteiger partial charge in [0.25, 0.3) is 0 Å². The molecule has 0 N–H and O–H groups in total. The van der Waals surface area contributed by atoms with Gasteiger partial charge in [0.2, 0.25) is 0 Å². The van der Waals surface area contributed by atoms with Crippen molar-refractivity contribution in [1.82, 2.24) is 0 Å². The van der Waals surface area contributed by atoms with Gasteiger partial charge in [-0.3, -0.25) is 0 Å². The highest BCUT2D eigenvalue weighted by Crippen LogP contribution is 2.19. The molecule has 0 fully saturated rings. The fourth-order valence-electron chi connectivity index (χ4n) is 1.48. The zero-order valence-corrected chi connectivity index (χ0v) is 11.0. The smallest absolute Gasteiger partial charge is 0.119 e. The first-order valence-corrected chi connectivity index (χ1v) is 6.29. The van der Waals surface area contributed by atoms with Gasteiger partial charge in [0.05, 0.1) is 19.5 Å². The second-order valence-electron chi connectivity index (χ2n) is 3.99. The largest absolute Gasteiger partial charge is 0.501 e. The van der Waals surface area contributed by atoms with Crippen LogP contribution in [0.25, 0.3) is 5.57 Å². The first-order valence-electron chi connectivity index (χ1n) is 6.29. The molecule has 0 saturated heterocycles. The highest BCUT2D eigenvalue weighted by Gasteiger charge is 1.98. The molecule has 0 spiro atoms. The van der Waals surface area contributed by atoms with Gasteiger partial charge in [-0.1, -0.05) is 25.5 Å². The molecule has 17 heavy (non-hydrogen) atoms. The summed E-state index contributed by atoms with van der Waals surface area (Å²) < 4.78 is 11.0. The third-order valence-electron chi connectivity index (χ3n) is 2.48. The molecule has 0 aliphatic rings. The lowest BCUT2D eigenvalue weighted by Crippen LogP contribution is -1.92. The van der Waals surface area contributed by atoms with Gasteiger partial charge in [0.1, 0.15) is 5.75 Å². The Morgan fingerprint density at radius 3 is 2.82 bits per heavy atom. The van der Waals surface area contributed by atoms with Gasteiger partial charge in [-0.05, 0) is 43.5 Å². The third kappa shape index (κ3) is 4.94. The predicted octanol–water partition coefficient (Wildman–Crippen LogP) is 4.26. The Morgan fingerprint density at radius 1 is 1.29 bits per heavy atom. The molecule has 0 aliphatic carbocycles. The summed E-state index contributed by atoms with van der Waals surface area (Å²) in [7, 11) is 0. The van der Waals surface area contributed by atoms with E-state index < -0.39 is 0 Å². The van der Waals surface area contributed by atoms with Crippen LogP contribution in [0.4, 0.5) is 0 Å². The van der Waals surface area contributed by atoms with Crippen molar-refractivity contribution >= 4 is 5.57 Å². The molecule has 0 heterocycles. The molecule has 1 rings (SSSR count). The summed E-state index contributed by atoms with van der Waals surface area (Å²) in [5.41, 5.74) is 2.27. The molecule has 0 saturated carbocycles. The number of rotatable bonds is 7. The fourth-order valence-corrected chi connectivity index (χ4v) is 1.48. The molecule has 1 aromatic rings. The van der Waals surface area contributed by atoms with E-state index in [4.69, 9.17) is 9.47 Å². The monoisotopic (exact) mass is 234 g/mol. The average Bonchev–Trinajstić information content (AvgIpc) is 2.35. The Morgan fingerprint density at radius 2 is 2.12 bits per heavy atom. The molecule has 2 nitrogen and oxygen atoms in total. The molecule has 0 amide bonds. The average molecular weight is 234 g/mol. The molecule has 0 atom stereocenters. The molecule has 0 aliphatic heterocycles. The molecule has 94 valence electrons. The topological polar surface area (TPSA) is 18.5 Å². The van der Waals surface area contributed by atoms with Gasteiger partial charge in [0, 0.05) is 0 Å². The minimum atomic E-state index is 0.694. The maximum Gasteiger partial charge on any atom is 0.119 e. The van der Waals surface area contributed by atoms with Gasteiger partial charge >= 0.3 is 0 Å². The normalized spacial score (nSPS) is 11.4. The van der Waals surface area contributed by atoms with Crippen LogP contribution < -0.4 is 4.74 Å². The van der Waals surface area contributed by atoms with E-state index in [1.807, 2.05) is 31.4 Å². The van der Waals surface area contributed by atoms with Crippen molar-refractivity contribution in [2.24, 2.45) is 0 Å². The van der Waals surface area contributed by atoms with Crippen LogP contribution in [0, 0.1) is 0 Å². The van der Waals surface area contributed by atoms with Crippen molar-refractivity contribution in [3.63, 3.8) is 0 Å². The molecule has 0 unspecified atom stereocenters. The van der Waals surface area contributed by atoms with Gasteiger partial charge in [-0.15, -0.1) is 0 Å². The molecule has 0 bridgehead atoms. The maximum absolute atomic E-state index is 5.49. The van der Waals surface area contributed by atoms with Crippen LogP contribution in [0.3, 0.4) is 0 Å². The number of allylic oxidation sites excluding steroid dienone is 1. The third-order valence-corrected chi connectivity index (χ3v) is 2.48. The van der Waals surface area contributed by atoms with E-state index in [2.05, 4.69) is 19.9 Å². The van der Waals surface area contributed by atoms with Crippen LogP contribution in [-0.4, -0.2) is 13.2 Å². The van der Waals surface area contributed by atoms with Crippen LogP contribution in [0.2, 0.25) is 0 Å². The summed E-state index contributed by atoms with van der Waals surface area (Å²) >= 11 is 0. The highest BCUT2D eigenvalue weighted by atomic mass is 16.5. The van der Waals surface area contributed by atoms with Crippen molar-refractivity contribution in [3.05, 3.63) is 36.1 Å². The van der Waals surface area contributed by atoms with E-state index in [9.17, 15) is 0 Å². The van der Waals surface area contributed by atoms with Crippen LogP contribution >= 0.6 is 0 Å². The van der Waals surface area contributed by atoms with Gasteiger partial charge < -0.3 is 9.47 Å². The molecule has 2 heteroatoms. The van der Waals surface area contributed by atoms with E-state index >= 15 is 0 Å². The lowest BCUT2D eigenvalue weighted by Gasteiger charge is -2.07. The maximum atomic E-state index is 5.49. The van der Waals surface area contributed by atoms with Gasteiger partial charge in [-0.25, -0.2) is 0 Å². The number of unbranched alkanes of at least 4 members (excludes halogenated alkanes) is 1. The van der Waals surface area contributed by atoms with E-state index in [0.29, 0.717) is 6.61 Å². The Hall–Kier alpha value is -1.44. The summed E-state index contributed by atoms with van der Waals surface area (Å²) in [4.78, 5) is 0. The molecular formula is C15H22O2. The van der Waals surface area contributed by atoms with Gasteiger partial charge in [0.15, 0.2) is 0 Å². The Labute approximate surface area is 104 Å². The molecular weight excluding hydrogens is 212 g/mol. The quantitative estimate of drug-likeness (QED) is 0.518. The number of hydrogen-bond acceptors (Lipinski definition) is 2. The van der Waals surface area contributed by atoms with Crippen molar-refractivity contribution < 1.29 is 9.47 Å². The van der Waals surface area contributed by atoms with E-state index in [0.717, 1.165) is 36.3 Å². The van der Waals surface area contributed by atoms with E-state index in [1.165, 1.54) is 0 Å². The summed E-state index contributed by atoms with van der Waals surface area (Å²) in [6, 6.07) is 8.08. The first kappa shape index (κ1) is 13.6. The summed E-state index contributed by atoms with van der Waals surface area (Å²) in [6.45, 7) is 7.68. The molecule has 0 aromatic heterocycles. The summed E-state index contributed by atoms with van der Waals surface area (Å²) in [6.07, 6.45) is 4.09. The Kier molecular flexibility index (Phi) is 6.23. The van der Waals surface area contributed by atoms with Crippen molar-refractivity contribution in [1.29, 1.82) is 0 Å². The van der Waals surface area contributed by atoms with Crippen LogP contribution in [0.1, 0.15) is 39.2 Å². The Bertz CT molecular complexity index is 356. The predicted molar refractivity (Wildman–Crippen MR) is 72.1 cm³/mol.